The van der Waals surface area contributed by atoms with E-state index >= 15 is 0 Å². The molecule has 7 nitrogen and oxygen atoms in total. The molecule has 8 heteroatoms. The zero-order valence-electron chi connectivity index (χ0n) is 10.4. The lowest BCUT2D eigenvalue weighted by Gasteiger charge is -2.20. The minimum Gasteiger partial charge on any atom is -0.347 e. The van der Waals surface area contributed by atoms with Gasteiger partial charge in [0.15, 0.2) is 5.82 Å². The highest BCUT2D eigenvalue weighted by Gasteiger charge is 2.25. The Kier molecular flexibility index (Phi) is 2.39. The molecule has 0 fully saturated rings. The molecular formula is C11H13N7S. The summed E-state index contributed by atoms with van der Waals surface area (Å²) in [4.78, 5) is 8.37. The van der Waals surface area contributed by atoms with Crippen LogP contribution < -0.4 is 5.32 Å². The van der Waals surface area contributed by atoms with Crippen molar-refractivity contribution >= 4 is 16.3 Å². The van der Waals surface area contributed by atoms with Crippen molar-refractivity contribution in [3.05, 3.63) is 28.5 Å². The van der Waals surface area contributed by atoms with E-state index in [4.69, 9.17) is 0 Å². The fourth-order valence-corrected chi connectivity index (χ4v) is 3.31. The van der Waals surface area contributed by atoms with E-state index in [1.165, 1.54) is 5.69 Å². The molecule has 0 amide bonds. The number of aryl methyl sites for hydroxylation is 1. The summed E-state index contributed by atoms with van der Waals surface area (Å²) in [6.07, 6.45) is 3.46. The van der Waals surface area contributed by atoms with Crippen molar-refractivity contribution in [3.63, 3.8) is 0 Å². The van der Waals surface area contributed by atoms with Crippen molar-refractivity contribution in [2.24, 2.45) is 0 Å². The summed E-state index contributed by atoms with van der Waals surface area (Å²) in [7, 11) is 0. The zero-order valence-corrected chi connectivity index (χ0v) is 11.2. The number of H-pyrrole nitrogens is 1. The molecule has 1 unspecified atom stereocenters. The van der Waals surface area contributed by atoms with E-state index in [0.29, 0.717) is 0 Å². The lowest BCUT2D eigenvalue weighted by Crippen LogP contribution is -2.28. The van der Waals surface area contributed by atoms with Crippen LogP contribution in [0.3, 0.4) is 0 Å². The summed E-state index contributed by atoms with van der Waals surface area (Å²) in [5.74, 6) is 0.911. The standard InChI is InChI=1S/C11H13N7S/c1-2-9-15-16-11-18(9)17-10(19-11)7-3-6-8(4-12-7)14-5-13-6/h5,7,12H,2-4H2,1H3,(H,13,14). The molecule has 4 heterocycles. The Morgan fingerprint density at radius 1 is 1.47 bits per heavy atom. The summed E-state index contributed by atoms with van der Waals surface area (Å²) >= 11 is 1.60. The molecule has 3 aromatic rings. The first-order valence-electron chi connectivity index (χ1n) is 6.30. The van der Waals surface area contributed by atoms with Gasteiger partial charge in [0, 0.05) is 19.4 Å². The van der Waals surface area contributed by atoms with Gasteiger partial charge in [0.2, 0.25) is 4.96 Å². The van der Waals surface area contributed by atoms with Crippen molar-refractivity contribution in [3.8, 4) is 0 Å². The summed E-state index contributed by atoms with van der Waals surface area (Å²) < 4.78 is 1.85. The van der Waals surface area contributed by atoms with E-state index in [1.807, 2.05) is 4.52 Å². The van der Waals surface area contributed by atoms with E-state index in [-0.39, 0.29) is 6.04 Å². The third-order valence-electron chi connectivity index (χ3n) is 3.42. The lowest BCUT2D eigenvalue weighted by molar-refractivity contribution is 0.482. The van der Waals surface area contributed by atoms with Gasteiger partial charge in [0.1, 0.15) is 5.01 Å². The number of aromatic amines is 1. The van der Waals surface area contributed by atoms with Crippen molar-refractivity contribution in [2.45, 2.75) is 32.4 Å². The highest BCUT2D eigenvalue weighted by Crippen LogP contribution is 2.27. The molecule has 1 aliphatic rings. The van der Waals surface area contributed by atoms with Crippen LogP contribution in [-0.4, -0.2) is 29.8 Å². The highest BCUT2D eigenvalue weighted by molar-refractivity contribution is 7.16. The molecule has 1 aliphatic heterocycles. The molecule has 0 radical (unpaired) electrons. The lowest BCUT2D eigenvalue weighted by atomic mass is 10.1. The molecule has 0 aromatic carbocycles. The Morgan fingerprint density at radius 3 is 3.32 bits per heavy atom. The van der Waals surface area contributed by atoms with Crippen LogP contribution in [-0.2, 0) is 19.4 Å². The SMILES string of the molecule is CCc1nnc2sc(C3Cc4nc[nH]c4CN3)nn12. The average Bonchev–Trinajstić information content (AvgIpc) is 3.12. The van der Waals surface area contributed by atoms with Crippen molar-refractivity contribution < 1.29 is 0 Å². The molecular weight excluding hydrogens is 262 g/mol. The Bertz CT molecular complexity index is 724. The van der Waals surface area contributed by atoms with Crippen LogP contribution in [0.1, 0.15) is 35.2 Å². The Morgan fingerprint density at radius 2 is 2.42 bits per heavy atom. The highest BCUT2D eigenvalue weighted by atomic mass is 32.1. The Balaban J connectivity index is 1.69. The zero-order chi connectivity index (χ0) is 12.8. The van der Waals surface area contributed by atoms with Crippen LogP contribution >= 0.6 is 11.3 Å². The fraction of sp³-hybridized carbons (Fsp3) is 0.455. The summed E-state index contributed by atoms with van der Waals surface area (Å²) in [5, 5.41) is 17.4. The molecule has 98 valence electrons. The van der Waals surface area contributed by atoms with Crippen molar-refractivity contribution in [2.75, 3.05) is 0 Å². The molecule has 0 aliphatic carbocycles. The maximum Gasteiger partial charge on any atom is 0.234 e. The number of nitrogens with one attached hydrogen (secondary N) is 2. The molecule has 0 saturated carbocycles. The summed E-state index contributed by atoms with van der Waals surface area (Å²) in [6, 6.07) is 0.215. The molecule has 4 rings (SSSR count). The number of aromatic nitrogens is 6. The van der Waals surface area contributed by atoms with E-state index < -0.39 is 0 Å². The maximum atomic E-state index is 4.63. The molecule has 0 spiro atoms. The van der Waals surface area contributed by atoms with Gasteiger partial charge in [0.25, 0.3) is 0 Å². The topological polar surface area (TPSA) is 83.8 Å². The van der Waals surface area contributed by atoms with Gasteiger partial charge in [0.05, 0.1) is 23.8 Å². The summed E-state index contributed by atoms with van der Waals surface area (Å²) in [6.45, 7) is 2.87. The number of fused-ring (bicyclic) bond motifs is 2. The van der Waals surface area contributed by atoms with Gasteiger partial charge in [-0.05, 0) is 0 Å². The Hall–Kier alpha value is -1.80. The maximum absolute atomic E-state index is 4.63. The van der Waals surface area contributed by atoms with Gasteiger partial charge < -0.3 is 10.3 Å². The molecule has 0 saturated heterocycles. The number of hydrogen-bond donors (Lipinski definition) is 2. The van der Waals surface area contributed by atoms with Gasteiger partial charge in [-0.15, -0.1) is 10.2 Å². The number of rotatable bonds is 2. The average molecular weight is 275 g/mol. The first-order valence-corrected chi connectivity index (χ1v) is 7.12. The van der Waals surface area contributed by atoms with E-state index in [2.05, 4.69) is 37.5 Å². The third kappa shape index (κ3) is 1.67. The monoisotopic (exact) mass is 275 g/mol. The van der Waals surface area contributed by atoms with Crippen LogP contribution in [0.2, 0.25) is 0 Å². The van der Waals surface area contributed by atoms with Gasteiger partial charge in [-0.25, -0.2) is 4.98 Å². The van der Waals surface area contributed by atoms with Gasteiger partial charge in [-0.3, -0.25) is 0 Å². The molecule has 19 heavy (non-hydrogen) atoms. The smallest absolute Gasteiger partial charge is 0.234 e. The quantitative estimate of drug-likeness (QED) is 0.724. The largest absolute Gasteiger partial charge is 0.347 e. The van der Waals surface area contributed by atoms with Gasteiger partial charge in [-0.1, -0.05) is 18.3 Å². The fourth-order valence-electron chi connectivity index (χ4n) is 2.38. The van der Waals surface area contributed by atoms with Gasteiger partial charge >= 0.3 is 0 Å². The van der Waals surface area contributed by atoms with E-state index in [1.54, 1.807) is 17.7 Å². The number of imidazole rings is 1. The van der Waals surface area contributed by atoms with E-state index in [9.17, 15) is 0 Å². The Labute approximate surface area is 113 Å². The van der Waals surface area contributed by atoms with Crippen molar-refractivity contribution in [1.29, 1.82) is 0 Å². The van der Waals surface area contributed by atoms with Crippen LogP contribution in [0.25, 0.3) is 4.96 Å². The third-order valence-corrected chi connectivity index (χ3v) is 4.43. The van der Waals surface area contributed by atoms with Crippen molar-refractivity contribution in [1.82, 2.24) is 35.1 Å². The molecule has 3 aromatic heterocycles. The van der Waals surface area contributed by atoms with Crippen LogP contribution in [0.5, 0.6) is 0 Å². The summed E-state index contributed by atoms with van der Waals surface area (Å²) in [5.41, 5.74) is 2.30. The van der Waals surface area contributed by atoms with Crippen LogP contribution in [0, 0.1) is 0 Å². The second-order valence-corrected chi connectivity index (χ2v) is 5.56. The molecule has 1 atom stereocenters. The normalized spacial score (nSPS) is 18.9. The predicted molar refractivity (Wildman–Crippen MR) is 69.9 cm³/mol. The first kappa shape index (κ1) is 11.1. The number of nitrogens with zero attached hydrogens (tertiary/aromatic N) is 5. The second kappa shape index (κ2) is 4.10. The minimum absolute atomic E-state index is 0.215. The minimum atomic E-state index is 0.215. The van der Waals surface area contributed by atoms with Crippen LogP contribution in [0.4, 0.5) is 0 Å². The first-order chi connectivity index (χ1) is 9.35. The van der Waals surface area contributed by atoms with E-state index in [0.717, 1.165) is 40.9 Å². The number of hydrogen-bond acceptors (Lipinski definition) is 6. The second-order valence-electron chi connectivity index (χ2n) is 4.57. The molecule has 2 N–H and O–H groups in total. The predicted octanol–water partition coefficient (Wildman–Crippen LogP) is 0.858. The molecule has 0 bridgehead atoms. The van der Waals surface area contributed by atoms with Gasteiger partial charge in [-0.2, -0.15) is 9.61 Å². The van der Waals surface area contributed by atoms with Crippen LogP contribution in [0.15, 0.2) is 6.33 Å².